The average molecular weight is 470 g/mol. The number of nitrogens with zero attached hydrogens (tertiary/aromatic N) is 2. The molecule has 11 heteroatoms. The summed E-state index contributed by atoms with van der Waals surface area (Å²) in [4.78, 5) is 17.6. The molecule has 0 amide bonds. The van der Waals surface area contributed by atoms with Crippen molar-refractivity contribution >= 4 is 34.9 Å². The Morgan fingerprint density at radius 2 is 2.10 bits per heavy atom. The van der Waals surface area contributed by atoms with Crippen molar-refractivity contribution in [3.8, 4) is 11.5 Å². The van der Waals surface area contributed by atoms with Crippen LogP contribution in [0.5, 0.6) is 11.5 Å². The number of aromatic hydroxyl groups is 1. The van der Waals surface area contributed by atoms with Crippen molar-refractivity contribution in [1.29, 1.82) is 0 Å². The van der Waals surface area contributed by atoms with Crippen LogP contribution in [0.15, 0.2) is 10.6 Å². The maximum atomic E-state index is 12.7. The molecule has 0 aliphatic heterocycles. The standard InChI is InChI=1S/C20H27N3O6S2/c1-11-17(27-5)8-16(24)14(18(11)20(25)28-7-6-26-4)9-31-10-15(22-13(3)30)19-21-12(2)23-29-19/h8,15,24H,6-7,9-10H2,1-5H3,(H,22,30). The van der Waals surface area contributed by atoms with Crippen molar-refractivity contribution < 1.29 is 28.6 Å². The Balaban J connectivity index is 2.23. The number of ether oxygens (including phenoxy) is 3. The Morgan fingerprint density at radius 1 is 1.35 bits per heavy atom. The van der Waals surface area contributed by atoms with Gasteiger partial charge < -0.3 is 29.2 Å². The molecule has 1 aromatic heterocycles. The normalized spacial score (nSPS) is 11.8. The minimum Gasteiger partial charge on any atom is -0.507 e. The van der Waals surface area contributed by atoms with Gasteiger partial charge in [-0.15, -0.1) is 0 Å². The van der Waals surface area contributed by atoms with E-state index in [9.17, 15) is 9.90 Å². The van der Waals surface area contributed by atoms with Gasteiger partial charge in [-0.2, -0.15) is 16.7 Å². The summed E-state index contributed by atoms with van der Waals surface area (Å²) in [7, 11) is 3.00. The summed E-state index contributed by atoms with van der Waals surface area (Å²) in [6, 6.07) is 1.19. The smallest absolute Gasteiger partial charge is 0.339 e. The second-order valence-electron chi connectivity index (χ2n) is 6.65. The number of aryl methyl sites for hydroxylation is 1. The number of rotatable bonds is 11. The molecule has 2 rings (SSSR count). The largest absolute Gasteiger partial charge is 0.507 e. The number of benzene rings is 1. The SMILES string of the molecule is COCCOC(=O)c1c(C)c(OC)cc(O)c1CSCC(NC(C)=S)c1nc(C)no1. The molecule has 2 N–H and O–H groups in total. The highest BCUT2D eigenvalue weighted by molar-refractivity contribution is 7.98. The molecule has 1 heterocycles. The Labute approximate surface area is 190 Å². The number of thiocarbonyl (C=S) groups is 1. The van der Waals surface area contributed by atoms with Crippen LogP contribution in [0, 0.1) is 13.8 Å². The number of phenols is 1. The maximum absolute atomic E-state index is 12.7. The molecule has 0 fully saturated rings. The zero-order chi connectivity index (χ0) is 23.0. The van der Waals surface area contributed by atoms with Crippen LogP contribution in [0.2, 0.25) is 0 Å². The summed E-state index contributed by atoms with van der Waals surface area (Å²) in [6.07, 6.45) is 0. The van der Waals surface area contributed by atoms with Crippen LogP contribution < -0.4 is 10.1 Å². The van der Waals surface area contributed by atoms with Crippen LogP contribution in [0.25, 0.3) is 0 Å². The van der Waals surface area contributed by atoms with Crippen LogP contribution in [0.4, 0.5) is 0 Å². The lowest BCUT2D eigenvalue weighted by atomic mass is 10.0. The molecule has 0 radical (unpaired) electrons. The van der Waals surface area contributed by atoms with E-state index in [-0.39, 0.29) is 30.6 Å². The topological polar surface area (TPSA) is 116 Å². The van der Waals surface area contributed by atoms with E-state index in [1.807, 2.05) is 0 Å². The third-order valence-electron chi connectivity index (χ3n) is 4.32. The van der Waals surface area contributed by atoms with Gasteiger partial charge in [0.2, 0.25) is 5.89 Å². The molecule has 1 atom stereocenters. The summed E-state index contributed by atoms with van der Waals surface area (Å²) < 4.78 is 20.8. The molecule has 0 aliphatic rings. The Kier molecular flexibility index (Phi) is 9.53. The Hall–Kier alpha value is -2.37. The predicted octanol–water partition coefficient (Wildman–Crippen LogP) is 3.12. The zero-order valence-electron chi connectivity index (χ0n) is 18.2. The van der Waals surface area contributed by atoms with Gasteiger partial charge >= 0.3 is 5.97 Å². The fraction of sp³-hybridized carbons (Fsp3) is 0.500. The second-order valence-corrected chi connectivity index (χ2v) is 8.30. The summed E-state index contributed by atoms with van der Waals surface area (Å²) in [6.45, 7) is 5.64. The fourth-order valence-corrected chi connectivity index (χ4v) is 4.09. The average Bonchev–Trinajstić information content (AvgIpc) is 3.15. The van der Waals surface area contributed by atoms with Gasteiger partial charge in [-0.25, -0.2) is 4.79 Å². The van der Waals surface area contributed by atoms with Crippen LogP contribution in [0.1, 0.15) is 46.2 Å². The minimum atomic E-state index is -0.545. The van der Waals surface area contributed by atoms with E-state index in [0.717, 1.165) is 0 Å². The summed E-state index contributed by atoms with van der Waals surface area (Å²) >= 11 is 6.63. The van der Waals surface area contributed by atoms with E-state index in [1.54, 1.807) is 20.8 Å². The fourth-order valence-electron chi connectivity index (χ4n) is 2.87. The Morgan fingerprint density at radius 3 is 2.68 bits per heavy atom. The molecular weight excluding hydrogens is 442 g/mol. The van der Waals surface area contributed by atoms with Gasteiger partial charge in [0.1, 0.15) is 24.1 Å². The molecule has 170 valence electrons. The number of methoxy groups -OCH3 is 2. The minimum absolute atomic E-state index is 0.0437. The number of hydrogen-bond acceptors (Lipinski definition) is 10. The van der Waals surface area contributed by atoms with Crippen LogP contribution in [0.3, 0.4) is 0 Å². The molecule has 0 saturated carbocycles. The number of phenolic OH excluding ortho intramolecular Hbond substituents is 1. The quantitative estimate of drug-likeness (QED) is 0.287. The van der Waals surface area contributed by atoms with E-state index < -0.39 is 5.97 Å². The lowest BCUT2D eigenvalue weighted by Crippen LogP contribution is -2.27. The van der Waals surface area contributed by atoms with Crippen molar-refractivity contribution in [2.24, 2.45) is 0 Å². The number of hydrogen-bond donors (Lipinski definition) is 2. The molecule has 1 aromatic carbocycles. The molecule has 31 heavy (non-hydrogen) atoms. The van der Waals surface area contributed by atoms with Crippen LogP contribution in [-0.4, -0.2) is 59.4 Å². The predicted molar refractivity (Wildman–Crippen MR) is 121 cm³/mol. The summed E-state index contributed by atoms with van der Waals surface area (Å²) in [5, 5.41) is 17.5. The number of thioether (sulfide) groups is 1. The van der Waals surface area contributed by atoms with E-state index in [0.29, 0.717) is 45.1 Å². The Bertz CT molecular complexity index is 919. The lowest BCUT2D eigenvalue weighted by molar-refractivity contribution is 0.0385. The van der Waals surface area contributed by atoms with Crippen molar-refractivity contribution in [3.63, 3.8) is 0 Å². The maximum Gasteiger partial charge on any atom is 0.339 e. The highest BCUT2D eigenvalue weighted by atomic mass is 32.2. The monoisotopic (exact) mass is 469 g/mol. The van der Waals surface area contributed by atoms with Crippen LogP contribution >= 0.6 is 24.0 Å². The highest BCUT2D eigenvalue weighted by Crippen LogP contribution is 2.36. The number of carbonyl (C=O) groups excluding carboxylic acids is 1. The third kappa shape index (κ3) is 6.81. The second kappa shape index (κ2) is 11.9. The van der Waals surface area contributed by atoms with E-state index in [2.05, 4.69) is 15.5 Å². The lowest BCUT2D eigenvalue weighted by Gasteiger charge is -2.18. The first-order chi connectivity index (χ1) is 14.8. The van der Waals surface area contributed by atoms with Gasteiger partial charge in [0.25, 0.3) is 0 Å². The number of aromatic nitrogens is 2. The van der Waals surface area contributed by atoms with Gasteiger partial charge in [-0.3, -0.25) is 0 Å². The zero-order valence-corrected chi connectivity index (χ0v) is 19.8. The van der Waals surface area contributed by atoms with Crippen molar-refractivity contribution in [3.05, 3.63) is 34.5 Å². The van der Waals surface area contributed by atoms with Gasteiger partial charge in [-0.1, -0.05) is 17.4 Å². The van der Waals surface area contributed by atoms with Gasteiger partial charge in [0.05, 0.1) is 24.3 Å². The number of esters is 1. The molecule has 2 aromatic rings. The molecule has 9 nitrogen and oxygen atoms in total. The molecule has 0 aliphatic carbocycles. The first-order valence-corrected chi connectivity index (χ1v) is 11.0. The first kappa shape index (κ1) is 24.9. The first-order valence-electron chi connectivity index (χ1n) is 9.49. The van der Waals surface area contributed by atoms with Crippen molar-refractivity contribution in [2.45, 2.75) is 32.6 Å². The van der Waals surface area contributed by atoms with E-state index >= 15 is 0 Å². The molecule has 1 unspecified atom stereocenters. The summed E-state index contributed by atoms with van der Waals surface area (Å²) in [5.74, 6) is 1.61. The van der Waals surface area contributed by atoms with Gasteiger partial charge in [0, 0.05) is 35.8 Å². The number of carbonyl (C=O) groups is 1. The summed E-state index contributed by atoms with van der Waals surface area (Å²) in [5.41, 5.74) is 1.34. The molecule has 0 bridgehead atoms. The van der Waals surface area contributed by atoms with Crippen molar-refractivity contribution in [1.82, 2.24) is 15.5 Å². The molecule has 0 spiro atoms. The van der Waals surface area contributed by atoms with Gasteiger partial charge in [-0.05, 0) is 20.8 Å². The van der Waals surface area contributed by atoms with Crippen molar-refractivity contribution in [2.75, 3.05) is 33.2 Å². The molecular formula is C20H27N3O6S2. The van der Waals surface area contributed by atoms with E-state index in [4.69, 9.17) is 31.0 Å². The molecule has 0 saturated heterocycles. The van der Waals surface area contributed by atoms with Crippen LogP contribution in [-0.2, 0) is 15.2 Å². The highest BCUT2D eigenvalue weighted by Gasteiger charge is 2.24. The third-order valence-corrected chi connectivity index (χ3v) is 5.50. The number of nitrogens with one attached hydrogen (secondary N) is 1. The van der Waals surface area contributed by atoms with Gasteiger partial charge in [0.15, 0.2) is 5.82 Å². The van der Waals surface area contributed by atoms with E-state index in [1.165, 1.54) is 32.0 Å².